The molecular weight excluding hydrogens is 278 g/mol. The van der Waals surface area contributed by atoms with E-state index >= 15 is 0 Å². The highest BCUT2D eigenvalue weighted by atomic mass is 35.5. The van der Waals surface area contributed by atoms with Crippen molar-refractivity contribution in [3.05, 3.63) is 56.9 Å². The topological polar surface area (TPSA) is 32.9 Å². The Bertz CT molecular complexity index is 756. The molecule has 0 bridgehead atoms. The van der Waals surface area contributed by atoms with Crippen LogP contribution in [0.5, 0.6) is 0 Å². The number of aromatic nitrogens is 1. The lowest BCUT2D eigenvalue weighted by Crippen LogP contribution is -1.96. The predicted octanol–water partition coefficient (Wildman–Crippen LogP) is 4.68. The summed E-state index contributed by atoms with van der Waals surface area (Å²) in [5.74, 6) is 0.0539. The number of nitrogens with one attached hydrogen (secondary N) is 1. The molecule has 0 fully saturated rings. The van der Waals surface area contributed by atoms with E-state index in [1.807, 2.05) is 30.3 Å². The monoisotopic (exact) mass is 289 g/mol. The second kappa shape index (κ2) is 4.83. The summed E-state index contributed by atoms with van der Waals surface area (Å²) in [6.45, 7) is 2.09. The summed E-state index contributed by atoms with van der Waals surface area (Å²) in [5.41, 5.74) is 1.50. The Balaban J connectivity index is 2.09. The van der Waals surface area contributed by atoms with Crippen LogP contribution in [0.1, 0.15) is 27.0 Å². The van der Waals surface area contributed by atoms with Gasteiger partial charge in [-0.1, -0.05) is 30.7 Å². The number of fused-ring (bicyclic) bond motifs is 1. The molecular formula is C15H12ClNOS. The number of ketones is 1. The Kier molecular flexibility index (Phi) is 3.17. The smallest absolute Gasteiger partial charge is 0.205 e. The van der Waals surface area contributed by atoms with Gasteiger partial charge >= 0.3 is 0 Å². The van der Waals surface area contributed by atoms with Crippen molar-refractivity contribution in [2.45, 2.75) is 13.3 Å². The number of hydrogen-bond acceptors (Lipinski definition) is 2. The number of halogens is 1. The molecule has 3 rings (SSSR count). The molecule has 2 aromatic heterocycles. The highest BCUT2D eigenvalue weighted by Crippen LogP contribution is 2.28. The molecule has 3 aromatic rings. The highest BCUT2D eigenvalue weighted by Gasteiger charge is 2.16. The maximum absolute atomic E-state index is 12.5. The minimum Gasteiger partial charge on any atom is -0.359 e. The van der Waals surface area contributed by atoms with Crippen LogP contribution in [0.4, 0.5) is 0 Å². The van der Waals surface area contributed by atoms with Gasteiger partial charge < -0.3 is 4.98 Å². The first-order valence-electron chi connectivity index (χ1n) is 6.09. The molecule has 2 heterocycles. The van der Waals surface area contributed by atoms with Gasteiger partial charge in [0.15, 0.2) is 0 Å². The van der Waals surface area contributed by atoms with Crippen LogP contribution in [0, 0.1) is 0 Å². The van der Waals surface area contributed by atoms with E-state index in [0.717, 1.165) is 22.2 Å². The third kappa shape index (κ3) is 2.09. The van der Waals surface area contributed by atoms with Crippen molar-refractivity contribution >= 4 is 39.6 Å². The van der Waals surface area contributed by atoms with E-state index in [1.165, 1.54) is 4.88 Å². The average Bonchev–Trinajstić information content (AvgIpc) is 3.05. The summed E-state index contributed by atoms with van der Waals surface area (Å²) >= 11 is 7.66. The number of H-pyrrole nitrogens is 1. The fraction of sp³-hybridized carbons (Fsp3) is 0.133. The molecule has 4 heteroatoms. The first-order valence-corrected chi connectivity index (χ1v) is 7.29. The van der Waals surface area contributed by atoms with E-state index in [-0.39, 0.29) is 5.78 Å². The van der Waals surface area contributed by atoms with E-state index in [4.69, 9.17) is 11.6 Å². The van der Waals surface area contributed by atoms with Crippen LogP contribution in [0.15, 0.2) is 36.5 Å². The van der Waals surface area contributed by atoms with E-state index in [0.29, 0.717) is 10.6 Å². The van der Waals surface area contributed by atoms with Crippen LogP contribution < -0.4 is 0 Å². The van der Waals surface area contributed by atoms with Gasteiger partial charge in [0.2, 0.25) is 5.78 Å². The van der Waals surface area contributed by atoms with Gasteiger partial charge in [0.1, 0.15) is 0 Å². The van der Waals surface area contributed by atoms with Gasteiger partial charge in [-0.25, -0.2) is 0 Å². The molecule has 0 aliphatic carbocycles. The Morgan fingerprint density at radius 1 is 1.32 bits per heavy atom. The van der Waals surface area contributed by atoms with Gasteiger partial charge in [-0.05, 0) is 24.6 Å². The van der Waals surface area contributed by atoms with Crippen molar-refractivity contribution in [2.75, 3.05) is 0 Å². The maximum atomic E-state index is 12.5. The number of aryl methyl sites for hydroxylation is 1. The molecule has 1 N–H and O–H groups in total. The number of carbonyl (C=O) groups excluding carboxylic acids is 1. The average molecular weight is 290 g/mol. The molecule has 0 atom stereocenters. The van der Waals surface area contributed by atoms with Crippen LogP contribution in [-0.2, 0) is 6.42 Å². The van der Waals surface area contributed by atoms with Crippen molar-refractivity contribution in [3.8, 4) is 0 Å². The Labute approximate surface area is 120 Å². The molecule has 0 saturated heterocycles. The third-order valence-electron chi connectivity index (χ3n) is 3.14. The summed E-state index contributed by atoms with van der Waals surface area (Å²) in [6.07, 6.45) is 2.70. The van der Waals surface area contributed by atoms with Crippen LogP contribution in [0.25, 0.3) is 10.9 Å². The first kappa shape index (κ1) is 12.5. The molecule has 0 saturated carbocycles. The largest absolute Gasteiger partial charge is 0.359 e. The van der Waals surface area contributed by atoms with Gasteiger partial charge in [-0.2, -0.15) is 0 Å². The zero-order valence-corrected chi connectivity index (χ0v) is 11.9. The van der Waals surface area contributed by atoms with E-state index in [2.05, 4.69) is 11.9 Å². The highest BCUT2D eigenvalue weighted by molar-refractivity contribution is 7.14. The SMILES string of the molecule is CCc1ccc(C(=O)c2c[nH]c3c(Cl)cccc23)s1. The van der Waals surface area contributed by atoms with E-state index in [1.54, 1.807) is 17.5 Å². The lowest BCUT2D eigenvalue weighted by atomic mass is 10.1. The van der Waals surface area contributed by atoms with Crippen LogP contribution in [0.3, 0.4) is 0 Å². The molecule has 0 radical (unpaired) electrons. The Hall–Kier alpha value is -1.58. The predicted molar refractivity (Wildman–Crippen MR) is 80.4 cm³/mol. The number of thiophene rings is 1. The summed E-state index contributed by atoms with van der Waals surface area (Å²) in [6, 6.07) is 9.50. The Morgan fingerprint density at radius 2 is 2.16 bits per heavy atom. The molecule has 0 aliphatic heterocycles. The number of para-hydroxylation sites is 1. The zero-order valence-electron chi connectivity index (χ0n) is 10.4. The minimum absolute atomic E-state index is 0.0539. The molecule has 0 aliphatic rings. The zero-order chi connectivity index (χ0) is 13.4. The lowest BCUT2D eigenvalue weighted by molar-refractivity contribution is 0.104. The van der Waals surface area contributed by atoms with Crippen LogP contribution >= 0.6 is 22.9 Å². The second-order valence-electron chi connectivity index (χ2n) is 4.31. The summed E-state index contributed by atoms with van der Waals surface area (Å²) in [5, 5.41) is 1.51. The normalized spacial score (nSPS) is 11.1. The minimum atomic E-state index is 0.0539. The molecule has 0 unspecified atom stereocenters. The molecule has 2 nitrogen and oxygen atoms in total. The summed E-state index contributed by atoms with van der Waals surface area (Å²) in [4.78, 5) is 17.6. The molecule has 0 spiro atoms. The second-order valence-corrected chi connectivity index (χ2v) is 5.89. The first-order chi connectivity index (χ1) is 9.20. The number of hydrogen-bond donors (Lipinski definition) is 1. The summed E-state index contributed by atoms with van der Waals surface area (Å²) < 4.78 is 0. The van der Waals surface area contributed by atoms with Gasteiger partial charge in [-0.15, -0.1) is 11.3 Å². The van der Waals surface area contributed by atoms with Gasteiger partial charge in [-0.3, -0.25) is 4.79 Å². The standard InChI is InChI=1S/C15H12ClNOS/c1-2-9-6-7-13(19-9)15(18)11-8-17-14-10(11)4-3-5-12(14)16/h3-8,17H,2H2,1H3. The maximum Gasteiger partial charge on any atom is 0.205 e. The van der Waals surface area contributed by atoms with E-state index < -0.39 is 0 Å². The van der Waals surface area contributed by atoms with Crippen LogP contribution in [-0.4, -0.2) is 10.8 Å². The molecule has 1 aromatic carbocycles. The van der Waals surface area contributed by atoms with Gasteiger partial charge in [0.05, 0.1) is 15.4 Å². The molecule has 19 heavy (non-hydrogen) atoms. The number of rotatable bonds is 3. The van der Waals surface area contributed by atoms with Crippen molar-refractivity contribution < 1.29 is 4.79 Å². The fourth-order valence-corrected chi connectivity index (χ4v) is 3.26. The lowest BCUT2D eigenvalue weighted by Gasteiger charge is -1.97. The number of carbonyl (C=O) groups is 1. The van der Waals surface area contributed by atoms with Crippen molar-refractivity contribution in [1.29, 1.82) is 0 Å². The van der Waals surface area contributed by atoms with Gasteiger partial charge in [0, 0.05) is 22.0 Å². The molecule has 0 amide bonds. The Morgan fingerprint density at radius 3 is 2.89 bits per heavy atom. The summed E-state index contributed by atoms with van der Waals surface area (Å²) in [7, 11) is 0. The van der Waals surface area contributed by atoms with Crippen LogP contribution in [0.2, 0.25) is 5.02 Å². The van der Waals surface area contributed by atoms with E-state index in [9.17, 15) is 4.79 Å². The third-order valence-corrected chi connectivity index (χ3v) is 4.69. The fourth-order valence-electron chi connectivity index (χ4n) is 2.13. The molecule has 96 valence electrons. The van der Waals surface area contributed by atoms with Crippen molar-refractivity contribution in [2.24, 2.45) is 0 Å². The quantitative estimate of drug-likeness (QED) is 0.698. The van der Waals surface area contributed by atoms with Gasteiger partial charge in [0.25, 0.3) is 0 Å². The van der Waals surface area contributed by atoms with Crippen molar-refractivity contribution in [1.82, 2.24) is 4.98 Å². The number of aromatic amines is 1. The number of benzene rings is 1. The van der Waals surface area contributed by atoms with Crippen molar-refractivity contribution in [3.63, 3.8) is 0 Å².